The molecule has 7 nitrogen and oxygen atoms in total. The molecule has 0 unspecified atom stereocenters. The van der Waals surface area contributed by atoms with Crippen molar-refractivity contribution in [2.24, 2.45) is 0 Å². The first-order chi connectivity index (χ1) is 10.6. The number of carbonyl (C=O) groups excluding carboxylic acids is 1. The van der Waals surface area contributed by atoms with Crippen LogP contribution in [-0.4, -0.2) is 33.1 Å². The van der Waals surface area contributed by atoms with Gasteiger partial charge in [-0.2, -0.15) is 4.68 Å². The van der Waals surface area contributed by atoms with Crippen molar-refractivity contribution in [3.05, 3.63) is 41.2 Å². The summed E-state index contributed by atoms with van der Waals surface area (Å²) in [5.74, 6) is -0.937. The van der Waals surface area contributed by atoms with Gasteiger partial charge in [-0.25, -0.2) is 14.2 Å². The van der Waals surface area contributed by atoms with Crippen LogP contribution in [0.4, 0.5) is 10.2 Å². The Balaban J connectivity index is 1.96. The molecule has 0 amide bonds. The van der Waals surface area contributed by atoms with Crippen LogP contribution in [0.3, 0.4) is 0 Å². The molecule has 9 heteroatoms. The van der Waals surface area contributed by atoms with Crippen molar-refractivity contribution in [2.75, 3.05) is 12.8 Å². The molecule has 0 atom stereocenters. The zero-order valence-corrected chi connectivity index (χ0v) is 12.2. The van der Waals surface area contributed by atoms with Crippen LogP contribution in [0, 0.1) is 5.82 Å². The Morgan fingerprint density at radius 1 is 1.36 bits per heavy atom. The lowest BCUT2D eigenvalue weighted by atomic mass is 10.2. The fourth-order valence-corrected chi connectivity index (χ4v) is 2.58. The number of thiazole rings is 1. The molecule has 112 valence electrons. The molecule has 2 N–H and O–H groups in total. The largest absolute Gasteiger partial charge is 0.464 e. The van der Waals surface area contributed by atoms with Crippen LogP contribution in [0.5, 0.6) is 0 Å². The van der Waals surface area contributed by atoms with Crippen molar-refractivity contribution in [1.29, 1.82) is 0 Å². The van der Waals surface area contributed by atoms with Crippen LogP contribution in [-0.2, 0) is 4.74 Å². The van der Waals surface area contributed by atoms with Crippen molar-refractivity contribution < 1.29 is 13.9 Å². The van der Waals surface area contributed by atoms with E-state index in [2.05, 4.69) is 20.0 Å². The lowest BCUT2D eigenvalue weighted by molar-refractivity contribution is 0.0595. The summed E-state index contributed by atoms with van der Waals surface area (Å²) < 4.78 is 18.8. The molecule has 0 saturated carbocycles. The summed E-state index contributed by atoms with van der Waals surface area (Å²) in [4.78, 5) is 15.8. The van der Waals surface area contributed by atoms with Gasteiger partial charge in [-0.15, -0.1) is 16.4 Å². The summed E-state index contributed by atoms with van der Waals surface area (Å²) in [5.41, 5.74) is 7.17. The lowest BCUT2D eigenvalue weighted by Crippen LogP contribution is -2.07. The summed E-state index contributed by atoms with van der Waals surface area (Å²) in [5, 5.41) is 9.72. The summed E-state index contributed by atoms with van der Waals surface area (Å²) in [6.45, 7) is 0. The third kappa shape index (κ3) is 2.42. The second-order valence-electron chi connectivity index (χ2n) is 4.25. The molecule has 2 heterocycles. The number of ether oxygens (including phenoxy) is 1. The van der Waals surface area contributed by atoms with Gasteiger partial charge in [0.2, 0.25) is 10.8 Å². The second kappa shape index (κ2) is 5.53. The smallest absolute Gasteiger partial charge is 0.362 e. The molecule has 0 aliphatic carbocycles. The van der Waals surface area contributed by atoms with Crippen LogP contribution >= 0.6 is 11.3 Å². The number of hydrogen-bond acceptors (Lipinski definition) is 7. The van der Waals surface area contributed by atoms with E-state index in [9.17, 15) is 9.18 Å². The Hall–Kier alpha value is -2.81. The second-order valence-corrected chi connectivity index (χ2v) is 5.09. The van der Waals surface area contributed by atoms with Crippen LogP contribution in [0.1, 0.15) is 10.5 Å². The molecular formula is C13H10FN5O2S. The highest BCUT2D eigenvalue weighted by Crippen LogP contribution is 2.25. The van der Waals surface area contributed by atoms with Gasteiger partial charge < -0.3 is 10.5 Å². The molecule has 0 aliphatic rings. The fraction of sp³-hybridized carbons (Fsp3) is 0.0769. The topological polar surface area (TPSA) is 95.9 Å². The van der Waals surface area contributed by atoms with Crippen LogP contribution in [0.15, 0.2) is 29.6 Å². The van der Waals surface area contributed by atoms with E-state index in [1.807, 2.05) is 0 Å². The van der Waals surface area contributed by atoms with Gasteiger partial charge in [0.05, 0.1) is 12.8 Å². The van der Waals surface area contributed by atoms with Crippen LogP contribution < -0.4 is 5.73 Å². The fourth-order valence-electron chi connectivity index (χ4n) is 1.79. The summed E-state index contributed by atoms with van der Waals surface area (Å²) in [6, 6.07) is 5.96. The number of esters is 1. The van der Waals surface area contributed by atoms with Gasteiger partial charge in [-0.05, 0) is 24.3 Å². The first-order valence-electron chi connectivity index (χ1n) is 6.11. The van der Waals surface area contributed by atoms with E-state index in [4.69, 9.17) is 5.73 Å². The maximum atomic E-state index is 12.9. The van der Waals surface area contributed by atoms with Gasteiger partial charge >= 0.3 is 5.97 Å². The molecule has 2 aromatic heterocycles. The number of benzene rings is 1. The predicted octanol–water partition coefficient (Wildman–Crippen LogP) is 1.90. The molecule has 0 fully saturated rings. The Morgan fingerprint density at radius 2 is 2.09 bits per heavy atom. The van der Waals surface area contributed by atoms with E-state index in [0.29, 0.717) is 10.8 Å². The minimum Gasteiger partial charge on any atom is -0.464 e. The summed E-state index contributed by atoms with van der Waals surface area (Å²) in [6.07, 6.45) is 0. The quantitative estimate of drug-likeness (QED) is 0.741. The molecule has 3 rings (SSSR count). The first-order valence-corrected chi connectivity index (χ1v) is 6.99. The Bertz CT molecular complexity index is 827. The zero-order valence-electron chi connectivity index (χ0n) is 11.4. The van der Waals surface area contributed by atoms with Crippen molar-refractivity contribution >= 4 is 23.1 Å². The van der Waals surface area contributed by atoms with Gasteiger partial charge in [0.1, 0.15) is 5.82 Å². The minimum atomic E-state index is -0.668. The molecule has 3 aromatic rings. The lowest BCUT2D eigenvalue weighted by Gasteiger charge is -1.98. The van der Waals surface area contributed by atoms with Crippen molar-refractivity contribution in [2.45, 2.75) is 0 Å². The first kappa shape index (κ1) is 14.1. The number of aromatic nitrogens is 4. The number of hydrogen-bond donors (Lipinski definition) is 1. The maximum absolute atomic E-state index is 12.9. The molecular weight excluding hydrogens is 309 g/mol. The van der Waals surface area contributed by atoms with Crippen LogP contribution in [0.2, 0.25) is 0 Å². The number of methoxy groups -OCH3 is 1. The summed E-state index contributed by atoms with van der Waals surface area (Å²) >= 11 is 1.27. The van der Waals surface area contributed by atoms with Gasteiger partial charge in [0, 0.05) is 10.9 Å². The van der Waals surface area contributed by atoms with E-state index in [1.54, 1.807) is 17.5 Å². The molecule has 0 bridgehead atoms. The van der Waals surface area contributed by atoms with Crippen molar-refractivity contribution in [3.8, 4) is 16.4 Å². The van der Waals surface area contributed by atoms with E-state index < -0.39 is 5.97 Å². The standard InChI is InChI=1S/C13H10FN5O2S/c1-21-12(20)10-11(15)19(18-17-10)13-16-9(6-22-13)7-2-4-8(14)5-3-7/h2-6H,15H2,1H3. The Kier molecular flexibility index (Phi) is 3.55. The van der Waals surface area contributed by atoms with Gasteiger partial charge in [0.15, 0.2) is 5.82 Å². The van der Waals surface area contributed by atoms with Crippen LogP contribution in [0.25, 0.3) is 16.4 Å². The zero-order chi connectivity index (χ0) is 15.7. The molecule has 0 aliphatic heterocycles. The third-order valence-electron chi connectivity index (χ3n) is 2.90. The molecule has 22 heavy (non-hydrogen) atoms. The highest BCUT2D eigenvalue weighted by Gasteiger charge is 2.20. The average Bonchev–Trinajstić information content (AvgIpc) is 3.14. The van der Waals surface area contributed by atoms with Crippen molar-refractivity contribution in [1.82, 2.24) is 20.0 Å². The number of halogens is 1. The van der Waals surface area contributed by atoms with Gasteiger partial charge in [0.25, 0.3) is 0 Å². The Morgan fingerprint density at radius 3 is 2.77 bits per heavy atom. The van der Waals surface area contributed by atoms with E-state index in [0.717, 1.165) is 5.56 Å². The number of rotatable bonds is 3. The molecule has 0 saturated heterocycles. The third-order valence-corrected chi connectivity index (χ3v) is 3.71. The van der Waals surface area contributed by atoms with Gasteiger partial charge in [-0.3, -0.25) is 0 Å². The molecule has 0 radical (unpaired) electrons. The van der Waals surface area contributed by atoms with Gasteiger partial charge in [-0.1, -0.05) is 5.21 Å². The highest BCUT2D eigenvalue weighted by atomic mass is 32.1. The molecule has 1 aromatic carbocycles. The summed E-state index contributed by atoms with van der Waals surface area (Å²) in [7, 11) is 1.23. The number of nitrogens with zero attached hydrogens (tertiary/aromatic N) is 4. The maximum Gasteiger partial charge on any atom is 0.362 e. The van der Waals surface area contributed by atoms with E-state index in [1.165, 1.54) is 35.3 Å². The number of carbonyl (C=O) groups is 1. The van der Waals surface area contributed by atoms with Crippen molar-refractivity contribution in [3.63, 3.8) is 0 Å². The number of nitrogen functional groups attached to an aromatic ring is 1. The van der Waals surface area contributed by atoms with E-state index in [-0.39, 0.29) is 17.3 Å². The molecule has 0 spiro atoms. The minimum absolute atomic E-state index is 0.0480. The number of anilines is 1. The monoisotopic (exact) mass is 319 g/mol. The van der Waals surface area contributed by atoms with E-state index >= 15 is 0 Å². The average molecular weight is 319 g/mol. The normalized spacial score (nSPS) is 10.6. The SMILES string of the molecule is COC(=O)c1nnn(-c2nc(-c3ccc(F)cc3)cs2)c1N. The Labute approximate surface area is 128 Å². The number of nitrogens with two attached hydrogens (primary N) is 1. The predicted molar refractivity (Wildman–Crippen MR) is 78.2 cm³/mol. The highest BCUT2D eigenvalue weighted by molar-refractivity contribution is 7.12.